The van der Waals surface area contributed by atoms with E-state index in [4.69, 9.17) is 9.57 Å². The number of carbonyl (C=O) groups is 3. The molecule has 12 nitrogen and oxygen atoms in total. The number of likely N-dealkylation sites (N-methyl/N-ethyl adjacent to an activating group) is 1. The van der Waals surface area contributed by atoms with Crippen LogP contribution in [0.25, 0.3) is 0 Å². The highest BCUT2D eigenvalue weighted by Gasteiger charge is 2.28. The number of halogens is 1. The van der Waals surface area contributed by atoms with Crippen LogP contribution in [0.2, 0.25) is 0 Å². The SMILES string of the molecule is CCC(Nc1nc(OC)nc(NNC(=O)[C@H](CC2CCCC2)CN(C=O)OCc2ccccc2)c1F)C(=O)N(C)C. The van der Waals surface area contributed by atoms with Crippen molar-refractivity contribution >= 4 is 29.9 Å². The molecule has 0 bridgehead atoms. The van der Waals surface area contributed by atoms with Crippen LogP contribution in [0.5, 0.6) is 6.01 Å². The largest absolute Gasteiger partial charge is 0.467 e. The van der Waals surface area contributed by atoms with Gasteiger partial charge < -0.3 is 15.0 Å². The summed E-state index contributed by atoms with van der Waals surface area (Å²) in [5, 5.41) is 3.92. The Morgan fingerprint density at radius 2 is 1.83 bits per heavy atom. The summed E-state index contributed by atoms with van der Waals surface area (Å²) in [4.78, 5) is 52.6. The third-order valence-corrected chi connectivity index (χ3v) is 7.00. The Bertz CT molecular complexity index is 1150. The first-order valence-electron chi connectivity index (χ1n) is 13.8. The second-order valence-electron chi connectivity index (χ2n) is 10.2. The van der Waals surface area contributed by atoms with Crippen molar-refractivity contribution in [2.24, 2.45) is 11.8 Å². The van der Waals surface area contributed by atoms with Gasteiger partial charge in [0.05, 0.1) is 19.6 Å². The molecule has 1 aliphatic carbocycles. The van der Waals surface area contributed by atoms with Crippen LogP contribution in [-0.4, -0.2) is 71.9 Å². The van der Waals surface area contributed by atoms with E-state index in [-0.39, 0.29) is 36.7 Å². The molecule has 2 aromatic rings. The van der Waals surface area contributed by atoms with Gasteiger partial charge in [-0.2, -0.15) is 14.4 Å². The van der Waals surface area contributed by atoms with Crippen LogP contribution in [0.4, 0.5) is 16.0 Å². The molecule has 13 heteroatoms. The van der Waals surface area contributed by atoms with Crippen LogP contribution < -0.4 is 20.9 Å². The number of nitrogens with zero attached hydrogens (tertiary/aromatic N) is 4. The average Bonchev–Trinajstić information content (AvgIpc) is 3.50. The van der Waals surface area contributed by atoms with E-state index < -0.39 is 23.7 Å². The average molecular weight is 574 g/mol. The molecular weight excluding hydrogens is 533 g/mol. The fourth-order valence-electron chi connectivity index (χ4n) is 4.72. The number of anilines is 2. The number of amides is 3. The van der Waals surface area contributed by atoms with Crippen LogP contribution in [0.15, 0.2) is 30.3 Å². The quantitative estimate of drug-likeness (QED) is 0.204. The highest BCUT2D eigenvalue weighted by atomic mass is 19.1. The second-order valence-corrected chi connectivity index (χ2v) is 10.2. The molecule has 3 N–H and O–H groups in total. The van der Waals surface area contributed by atoms with Gasteiger partial charge >= 0.3 is 6.01 Å². The fourth-order valence-corrected chi connectivity index (χ4v) is 4.72. The number of hydrogen-bond acceptors (Lipinski definition) is 9. The maximum atomic E-state index is 15.4. The fraction of sp³-hybridized carbons (Fsp3) is 0.536. The predicted molar refractivity (Wildman–Crippen MR) is 151 cm³/mol. The summed E-state index contributed by atoms with van der Waals surface area (Å²) in [5.41, 5.74) is 5.95. The first kappa shape index (κ1) is 31.5. The van der Waals surface area contributed by atoms with Gasteiger partial charge in [-0.05, 0) is 24.3 Å². The summed E-state index contributed by atoms with van der Waals surface area (Å²) < 4.78 is 20.5. The van der Waals surface area contributed by atoms with E-state index in [9.17, 15) is 14.4 Å². The van der Waals surface area contributed by atoms with Gasteiger partial charge in [0, 0.05) is 14.1 Å². The molecule has 1 unspecified atom stereocenters. The molecule has 3 amide bonds. The van der Waals surface area contributed by atoms with Crippen molar-refractivity contribution in [2.75, 3.05) is 38.5 Å². The minimum absolute atomic E-state index is 0.0214. The van der Waals surface area contributed by atoms with Gasteiger partial charge in [0.25, 0.3) is 0 Å². The molecule has 1 heterocycles. The van der Waals surface area contributed by atoms with Crippen molar-refractivity contribution in [2.45, 2.75) is 58.1 Å². The second kappa shape index (κ2) is 15.7. The Kier molecular flexibility index (Phi) is 12.1. The lowest BCUT2D eigenvalue weighted by atomic mass is 9.92. The molecule has 1 aromatic carbocycles. The number of methoxy groups -OCH3 is 1. The number of hydrazine groups is 1. The highest BCUT2D eigenvalue weighted by Crippen LogP contribution is 2.31. The molecule has 2 atom stereocenters. The molecule has 0 saturated heterocycles. The zero-order chi connectivity index (χ0) is 29.8. The third kappa shape index (κ3) is 9.27. The van der Waals surface area contributed by atoms with Crippen LogP contribution in [-0.2, 0) is 25.8 Å². The van der Waals surface area contributed by atoms with Gasteiger partial charge in [-0.3, -0.25) is 30.1 Å². The molecular formula is C28H40FN7O5. The van der Waals surface area contributed by atoms with E-state index >= 15 is 4.39 Å². The van der Waals surface area contributed by atoms with Crippen LogP contribution in [0.1, 0.15) is 51.0 Å². The summed E-state index contributed by atoms with van der Waals surface area (Å²) in [7, 11) is 4.53. The zero-order valence-corrected chi connectivity index (χ0v) is 24.1. The number of aromatic nitrogens is 2. The first-order valence-corrected chi connectivity index (χ1v) is 13.8. The van der Waals surface area contributed by atoms with Crippen molar-refractivity contribution in [1.82, 2.24) is 25.4 Å². The van der Waals surface area contributed by atoms with Gasteiger partial charge in [0.1, 0.15) is 12.6 Å². The molecule has 224 valence electrons. The van der Waals surface area contributed by atoms with Crippen molar-refractivity contribution in [3.63, 3.8) is 0 Å². The van der Waals surface area contributed by atoms with E-state index in [1.807, 2.05) is 30.3 Å². The molecule has 1 aromatic heterocycles. The van der Waals surface area contributed by atoms with Gasteiger partial charge in [-0.1, -0.05) is 62.9 Å². The topological polar surface area (TPSA) is 138 Å². The van der Waals surface area contributed by atoms with E-state index in [1.165, 1.54) is 12.0 Å². The number of ether oxygens (including phenoxy) is 1. The summed E-state index contributed by atoms with van der Waals surface area (Å²) in [6.45, 7) is 1.98. The lowest BCUT2D eigenvalue weighted by molar-refractivity contribution is -0.182. The highest BCUT2D eigenvalue weighted by molar-refractivity contribution is 5.84. The third-order valence-electron chi connectivity index (χ3n) is 7.00. The zero-order valence-electron chi connectivity index (χ0n) is 24.1. The summed E-state index contributed by atoms with van der Waals surface area (Å²) in [6, 6.07) is 8.48. The molecule has 1 saturated carbocycles. The van der Waals surface area contributed by atoms with Gasteiger partial charge in [-0.25, -0.2) is 5.06 Å². The molecule has 0 aliphatic heterocycles. The Balaban J connectivity index is 1.72. The Morgan fingerprint density at radius 3 is 2.44 bits per heavy atom. The molecule has 0 spiro atoms. The van der Waals surface area contributed by atoms with E-state index in [0.29, 0.717) is 25.2 Å². The molecule has 41 heavy (non-hydrogen) atoms. The van der Waals surface area contributed by atoms with Gasteiger partial charge in [-0.15, -0.1) is 0 Å². The first-order chi connectivity index (χ1) is 19.7. The van der Waals surface area contributed by atoms with Crippen molar-refractivity contribution in [3.05, 3.63) is 41.7 Å². The van der Waals surface area contributed by atoms with E-state index in [1.54, 1.807) is 21.0 Å². The molecule has 3 rings (SSSR count). The van der Waals surface area contributed by atoms with Crippen molar-refractivity contribution < 1.29 is 28.3 Å². The van der Waals surface area contributed by atoms with Crippen LogP contribution >= 0.6 is 0 Å². The number of nitrogens with one attached hydrogen (secondary N) is 3. The van der Waals surface area contributed by atoms with E-state index in [2.05, 4.69) is 26.1 Å². The summed E-state index contributed by atoms with van der Waals surface area (Å²) in [5.74, 6) is -2.49. The lowest BCUT2D eigenvalue weighted by Crippen LogP contribution is -2.42. The smallest absolute Gasteiger partial charge is 0.320 e. The number of hydroxylamine groups is 2. The maximum absolute atomic E-state index is 15.4. The standard InChI is InChI=1S/C28H40FN7O5/c1-5-22(27(39)35(2)3)30-24-23(29)25(32-28(31-24)40-4)33-34-26(38)21(15-19-11-9-10-12-19)16-36(18-37)41-17-20-13-7-6-8-14-20/h6-8,13-14,18-19,21-22H,5,9-12,15-17H2,1-4H3,(H,34,38)(H2,30,31,32,33)/t21-,22?/m1/s1. The Hall–Kier alpha value is -4.00. The molecule has 0 radical (unpaired) electrons. The monoisotopic (exact) mass is 573 g/mol. The number of hydrogen-bond donors (Lipinski definition) is 3. The predicted octanol–water partition coefficient (Wildman–Crippen LogP) is 3.13. The number of benzene rings is 1. The number of rotatable bonds is 16. The minimum Gasteiger partial charge on any atom is -0.467 e. The number of carbonyl (C=O) groups excluding carboxylic acids is 3. The molecule has 1 fully saturated rings. The van der Waals surface area contributed by atoms with Crippen molar-refractivity contribution in [1.29, 1.82) is 0 Å². The van der Waals surface area contributed by atoms with E-state index in [0.717, 1.165) is 36.3 Å². The maximum Gasteiger partial charge on any atom is 0.320 e. The van der Waals surface area contributed by atoms with Gasteiger partial charge in [0.2, 0.25) is 24.0 Å². The van der Waals surface area contributed by atoms with Gasteiger partial charge in [0.15, 0.2) is 11.6 Å². The van der Waals surface area contributed by atoms with Crippen LogP contribution in [0, 0.1) is 17.7 Å². The minimum atomic E-state index is -0.899. The summed E-state index contributed by atoms with van der Waals surface area (Å²) >= 11 is 0. The van der Waals surface area contributed by atoms with Crippen LogP contribution in [0.3, 0.4) is 0 Å². The lowest BCUT2D eigenvalue weighted by Gasteiger charge is -2.25. The van der Waals surface area contributed by atoms with Crippen molar-refractivity contribution in [3.8, 4) is 6.01 Å². The molecule has 1 aliphatic rings. The Morgan fingerprint density at radius 1 is 1.15 bits per heavy atom. The summed E-state index contributed by atoms with van der Waals surface area (Å²) in [6.07, 6.45) is 5.66. The Labute approximate surface area is 239 Å². The normalized spacial score (nSPS) is 14.6.